The van der Waals surface area contributed by atoms with Crippen molar-refractivity contribution in [2.24, 2.45) is 17.3 Å². The first-order valence-corrected chi connectivity index (χ1v) is 5.59. The zero-order valence-electron chi connectivity index (χ0n) is 10.5. The molecular weight excluding hydrogens is 226 g/mol. The van der Waals surface area contributed by atoms with Gasteiger partial charge >= 0.3 is 0 Å². The molecule has 2 aromatic rings. The maximum atomic E-state index is 5.85. The number of nitrogen functional groups attached to an aromatic ring is 2. The van der Waals surface area contributed by atoms with E-state index in [4.69, 9.17) is 11.5 Å². The Balaban J connectivity index is 2.32. The number of aryl methyl sites for hydroxylation is 2. The third-order valence-corrected chi connectivity index (χ3v) is 2.61. The highest BCUT2D eigenvalue weighted by Gasteiger charge is 2.02. The molecule has 0 aliphatic heterocycles. The summed E-state index contributed by atoms with van der Waals surface area (Å²) < 4.78 is 1.91. The summed E-state index contributed by atoms with van der Waals surface area (Å²) >= 11 is 0. The van der Waals surface area contributed by atoms with Crippen LogP contribution in [0.3, 0.4) is 0 Å². The van der Waals surface area contributed by atoms with Crippen molar-refractivity contribution >= 4 is 22.7 Å². The van der Waals surface area contributed by atoms with Crippen molar-refractivity contribution in [2.45, 2.75) is 6.92 Å². The highest BCUT2D eigenvalue weighted by atomic mass is 15.1. The summed E-state index contributed by atoms with van der Waals surface area (Å²) in [5, 5.41) is 8.30. The number of aromatic nitrogens is 1. The Morgan fingerprint density at radius 2 is 1.89 bits per heavy atom. The fraction of sp³-hybridized carbons (Fsp3) is 0.154. The molecule has 5 nitrogen and oxygen atoms in total. The Labute approximate surface area is 106 Å². The fourth-order valence-corrected chi connectivity index (χ4v) is 1.56. The summed E-state index contributed by atoms with van der Waals surface area (Å²) in [6, 6.07) is 7.32. The van der Waals surface area contributed by atoms with Crippen LogP contribution in [0, 0.1) is 6.92 Å². The first-order chi connectivity index (χ1) is 8.56. The van der Waals surface area contributed by atoms with Gasteiger partial charge in [-0.15, -0.1) is 10.2 Å². The molecule has 0 bridgehead atoms. The average molecular weight is 242 g/mol. The molecule has 0 fully saturated rings. The predicted molar refractivity (Wildman–Crippen MR) is 71.8 cm³/mol. The van der Waals surface area contributed by atoms with Crippen LogP contribution in [-0.4, -0.2) is 0 Å². The molecule has 2 rings (SSSR count). The van der Waals surface area contributed by atoms with E-state index in [0.29, 0.717) is 17.1 Å². The van der Waals surface area contributed by atoms with Crippen LogP contribution >= 0.6 is 0 Å². The summed E-state index contributed by atoms with van der Waals surface area (Å²) in [6.45, 7) is 1.91. The Bertz CT molecular complexity index is 604. The smallest absolute Gasteiger partial charge is 0.196 e. The molecule has 0 aliphatic rings. The molecule has 0 aliphatic carbocycles. The van der Waals surface area contributed by atoms with Crippen LogP contribution in [0.1, 0.15) is 5.56 Å². The van der Waals surface area contributed by atoms with Gasteiger partial charge in [-0.05, 0) is 30.7 Å². The topological polar surface area (TPSA) is 80.6 Å². The molecule has 0 saturated carbocycles. The second-order valence-corrected chi connectivity index (χ2v) is 4.20. The van der Waals surface area contributed by atoms with Crippen molar-refractivity contribution in [3.05, 3.63) is 42.2 Å². The second-order valence-electron chi connectivity index (χ2n) is 4.20. The molecule has 1 aromatic carbocycles. The number of hydrogen-bond donors (Lipinski definition) is 2. The molecule has 0 radical (unpaired) electrons. The lowest BCUT2D eigenvalue weighted by molar-refractivity contribution is -0.670. The minimum absolute atomic E-state index is 0.530. The summed E-state index contributed by atoms with van der Waals surface area (Å²) in [6.07, 6.45) is 3.81. The molecule has 92 valence electrons. The molecule has 18 heavy (non-hydrogen) atoms. The summed E-state index contributed by atoms with van der Waals surface area (Å²) in [5.74, 6) is 0. The van der Waals surface area contributed by atoms with E-state index in [1.807, 2.05) is 49.1 Å². The van der Waals surface area contributed by atoms with Gasteiger partial charge in [-0.2, -0.15) is 0 Å². The number of azo groups is 1. The van der Waals surface area contributed by atoms with E-state index in [2.05, 4.69) is 10.2 Å². The molecule has 0 atom stereocenters. The molecule has 0 unspecified atom stereocenters. The molecular formula is C13H16N5+. The zero-order valence-corrected chi connectivity index (χ0v) is 10.5. The van der Waals surface area contributed by atoms with Gasteiger partial charge in [0.05, 0.1) is 5.69 Å². The van der Waals surface area contributed by atoms with E-state index in [0.717, 1.165) is 11.3 Å². The van der Waals surface area contributed by atoms with Gasteiger partial charge < -0.3 is 11.5 Å². The van der Waals surface area contributed by atoms with Gasteiger partial charge in [-0.1, -0.05) is 0 Å². The second kappa shape index (κ2) is 4.83. The molecule has 0 amide bonds. The van der Waals surface area contributed by atoms with Gasteiger partial charge in [-0.25, -0.2) is 4.57 Å². The Kier molecular flexibility index (Phi) is 3.23. The minimum Gasteiger partial charge on any atom is -0.398 e. The van der Waals surface area contributed by atoms with E-state index in [1.165, 1.54) is 0 Å². The van der Waals surface area contributed by atoms with E-state index in [9.17, 15) is 0 Å². The number of benzene rings is 1. The molecule has 4 N–H and O–H groups in total. The molecule has 0 saturated heterocycles. The van der Waals surface area contributed by atoms with E-state index in [-0.39, 0.29) is 0 Å². The lowest BCUT2D eigenvalue weighted by Crippen LogP contribution is -2.25. The maximum Gasteiger partial charge on any atom is 0.196 e. The monoisotopic (exact) mass is 242 g/mol. The van der Waals surface area contributed by atoms with Gasteiger partial charge in [0.2, 0.25) is 0 Å². The SMILES string of the molecule is Cc1cc(N=Nc2ccc[n+](C)c2)c(N)cc1N. The molecule has 1 aromatic heterocycles. The minimum atomic E-state index is 0.530. The summed E-state index contributed by atoms with van der Waals surface area (Å²) in [4.78, 5) is 0. The van der Waals surface area contributed by atoms with Crippen molar-refractivity contribution in [1.82, 2.24) is 0 Å². The van der Waals surface area contributed by atoms with E-state index >= 15 is 0 Å². The number of nitrogens with two attached hydrogens (primary N) is 2. The summed E-state index contributed by atoms with van der Waals surface area (Å²) in [5.41, 5.74) is 15.1. The quantitative estimate of drug-likeness (QED) is 0.481. The number of rotatable bonds is 2. The van der Waals surface area contributed by atoms with Crippen LogP contribution < -0.4 is 16.0 Å². The first kappa shape index (κ1) is 12.0. The maximum absolute atomic E-state index is 5.85. The van der Waals surface area contributed by atoms with Crippen LogP contribution in [0.25, 0.3) is 0 Å². The van der Waals surface area contributed by atoms with Gasteiger partial charge in [0.1, 0.15) is 18.4 Å². The third-order valence-electron chi connectivity index (χ3n) is 2.61. The van der Waals surface area contributed by atoms with Gasteiger partial charge in [0.25, 0.3) is 0 Å². The van der Waals surface area contributed by atoms with Gasteiger partial charge in [0.15, 0.2) is 12.4 Å². The predicted octanol–water partition coefficient (Wildman–Crippen LogP) is 2.40. The van der Waals surface area contributed by atoms with Crippen molar-refractivity contribution in [2.75, 3.05) is 11.5 Å². The zero-order chi connectivity index (χ0) is 13.1. The van der Waals surface area contributed by atoms with Crippen molar-refractivity contribution in [3.63, 3.8) is 0 Å². The number of pyridine rings is 1. The highest BCUT2D eigenvalue weighted by Crippen LogP contribution is 2.28. The van der Waals surface area contributed by atoms with Crippen LogP contribution in [0.5, 0.6) is 0 Å². The van der Waals surface area contributed by atoms with E-state index in [1.54, 1.807) is 6.07 Å². The van der Waals surface area contributed by atoms with Gasteiger partial charge in [-0.3, -0.25) is 0 Å². The number of hydrogen-bond acceptors (Lipinski definition) is 4. The Hall–Kier alpha value is -2.43. The Morgan fingerprint density at radius 1 is 1.11 bits per heavy atom. The largest absolute Gasteiger partial charge is 0.398 e. The number of nitrogens with zero attached hydrogens (tertiary/aromatic N) is 3. The van der Waals surface area contributed by atoms with Crippen LogP contribution in [0.2, 0.25) is 0 Å². The first-order valence-electron chi connectivity index (χ1n) is 5.59. The molecule has 5 heteroatoms. The summed E-state index contributed by atoms with van der Waals surface area (Å²) in [7, 11) is 1.93. The average Bonchev–Trinajstić information content (AvgIpc) is 2.32. The van der Waals surface area contributed by atoms with Crippen molar-refractivity contribution in [3.8, 4) is 0 Å². The lowest BCUT2D eigenvalue weighted by Gasteiger charge is -2.04. The third kappa shape index (κ3) is 2.63. The molecule has 1 heterocycles. The Morgan fingerprint density at radius 3 is 2.61 bits per heavy atom. The number of anilines is 2. The van der Waals surface area contributed by atoms with Crippen LogP contribution in [-0.2, 0) is 7.05 Å². The van der Waals surface area contributed by atoms with Crippen molar-refractivity contribution in [1.29, 1.82) is 0 Å². The van der Waals surface area contributed by atoms with Crippen LogP contribution in [0.15, 0.2) is 46.9 Å². The lowest BCUT2D eigenvalue weighted by atomic mass is 10.1. The van der Waals surface area contributed by atoms with Gasteiger partial charge in [0, 0.05) is 11.8 Å². The van der Waals surface area contributed by atoms with E-state index < -0.39 is 0 Å². The molecule has 0 spiro atoms. The van der Waals surface area contributed by atoms with Crippen LogP contribution in [0.4, 0.5) is 22.7 Å². The normalized spacial score (nSPS) is 11.0. The highest BCUT2D eigenvalue weighted by molar-refractivity contribution is 5.70. The fourth-order valence-electron chi connectivity index (χ4n) is 1.56. The standard InChI is InChI=1S/C13H16N5/c1-9-6-13(12(15)7-11(9)14)17-16-10-4-3-5-18(2)8-10/h3-8H,14-15H2,1-2H3/q+1. The van der Waals surface area contributed by atoms with Crippen molar-refractivity contribution < 1.29 is 4.57 Å².